The topological polar surface area (TPSA) is 76.5 Å². The molecule has 1 aromatic carbocycles. The van der Waals surface area contributed by atoms with Crippen LogP contribution in [0.4, 0.5) is 0 Å². The molecule has 4 nitrogen and oxygen atoms in total. The number of furan rings is 1. The molecule has 0 amide bonds. The minimum atomic E-state index is -1.06. The van der Waals surface area contributed by atoms with Crippen LogP contribution in [0, 0.1) is 0 Å². The van der Waals surface area contributed by atoms with Crippen molar-refractivity contribution in [3.63, 3.8) is 0 Å². The summed E-state index contributed by atoms with van der Waals surface area (Å²) < 4.78 is 5.14. The maximum Gasteiger partial charge on any atom is 0.371 e. The number of carboxylic acids is 1. The lowest BCUT2D eigenvalue weighted by Gasteiger charge is -1.92. The lowest BCUT2D eigenvalue weighted by Crippen LogP contribution is -1.91. The quantitative estimate of drug-likeness (QED) is 0.825. The zero-order valence-corrected chi connectivity index (χ0v) is 8.51. The van der Waals surface area contributed by atoms with Crippen LogP contribution in [0.3, 0.4) is 0 Å². The van der Waals surface area contributed by atoms with Crippen LogP contribution in [0.15, 0.2) is 34.8 Å². The molecule has 0 bridgehead atoms. The number of nitrogens with two attached hydrogens (primary N) is 1. The minimum absolute atomic E-state index is 0.0463. The number of fused-ring (bicyclic) bond motifs is 1. The summed E-state index contributed by atoms with van der Waals surface area (Å²) >= 11 is 0. The highest BCUT2D eigenvalue weighted by Gasteiger charge is 2.09. The highest BCUT2D eigenvalue weighted by molar-refractivity contribution is 5.92. The van der Waals surface area contributed by atoms with Gasteiger partial charge in [0.25, 0.3) is 0 Å². The van der Waals surface area contributed by atoms with Crippen molar-refractivity contribution in [3.8, 4) is 0 Å². The molecule has 0 saturated heterocycles. The van der Waals surface area contributed by atoms with Crippen LogP contribution in [0.5, 0.6) is 0 Å². The van der Waals surface area contributed by atoms with Gasteiger partial charge in [-0.25, -0.2) is 4.79 Å². The molecular formula is C12H11NO3. The Morgan fingerprint density at radius 2 is 2.25 bits per heavy atom. The molecule has 0 radical (unpaired) electrons. The Morgan fingerprint density at radius 3 is 2.94 bits per heavy atom. The van der Waals surface area contributed by atoms with E-state index in [1.54, 1.807) is 6.07 Å². The zero-order valence-electron chi connectivity index (χ0n) is 8.51. The van der Waals surface area contributed by atoms with Crippen molar-refractivity contribution in [3.05, 3.63) is 41.7 Å². The minimum Gasteiger partial charge on any atom is -0.475 e. The second-order valence-electron chi connectivity index (χ2n) is 3.35. The lowest BCUT2D eigenvalue weighted by molar-refractivity contribution is 0.0665. The van der Waals surface area contributed by atoms with Gasteiger partial charge in [0.05, 0.1) is 0 Å². The first-order valence-corrected chi connectivity index (χ1v) is 4.84. The van der Waals surface area contributed by atoms with Gasteiger partial charge < -0.3 is 15.3 Å². The molecule has 1 heterocycles. The first-order chi connectivity index (χ1) is 7.70. The van der Waals surface area contributed by atoms with Gasteiger partial charge in [0.2, 0.25) is 5.76 Å². The number of carbonyl (C=O) groups is 1. The smallest absolute Gasteiger partial charge is 0.371 e. The molecule has 4 heteroatoms. The SMILES string of the molecule is NCC=Cc1ccc2oc(C(=O)O)cc2c1. The van der Waals surface area contributed by atoms with E-state index in [9.17, 15) is 4.79 Å². The van der Waals surface area contributed by atoms with E-state index in [4.69, 9.17) is 15.3 Å². The normalized spacial score (nSPS) is 11.3. The van der Waals surface area contributed by atoms with Crippen molar-refractivity contribution < 1.29 is 14.3 Å². The van der Waals surface area contributed by atoms with Crippen LogP contribution in [0.25, 0.3) is 17.0 Å². The summed E-state index contributed by atoms with van der Waals surface area (Å²) in [5, 5.41) is 9.55. The molecule has 0 spiro atoms. The molecule has 2 aromatic rings. The standard InChI is InChI=1S/C12H11NO3/c13-5-1-2-8-3-4-10-9(6-8)7-11(16-10)12(14)15/h1-4,6-7H,5,13H2,(H,14,15). The second-order valence-corrected chi connectivity index (χ2v) is 3.35. The molecule has 16 heavy (non-hydrogen) atoms. The van der Waals surface area contributed by atoms with E-state index in [-0.39, 0.29) is 5.76 Å². The lowest BCUT2D eigenvalue weighted by atomic mass is 10.1. The molecule has 82 valence electrons. The highest BCUT2D eigenvalue weighted by atomic mass is 16.4. The van der Waals surface area contributed by atoms with Crippen LogP contribution >= 0.6 is 0 Å². The average molecular weight is 217 g/mol. The summed E-state index contributed by atoms with van der Waals surface area (Å²) in [5.74, 6) is -1.11. The first kappa shape index (κ1) is 10.4. The number of aromatic carboxylic acids is 1. The van der Waals surface area contributed by atoms with Crippen molar-refractivity contribution in [2.75, 3.05) is 6.54 Å². The Kier molecular flexibility index (Phi) is 2.74. The van der Waals surface area contributed by atoms with E-state index in [2.05, 4.69) is 0 Å². The third-order valence-electron chi connectivity index (χ3n) is 2.20. The molecule has 3 N–H and O–H groups in total. The molecule has 1 aromatic heterocycles. The van der Waals surface area contributed by atoms with Gasteiger partial charge in [-0.1, -0.05) is 18.2 Å². The number of hydrogen-bond donors (Lipinski definition) is 2. The van der Waals surface area contributed by atoms with Crippen LogP contribution < -0.4 is 5.73 Å². The van der Waals surface area contributed by atoms with Crippen molar-refractivity contribution in [1.29, 1.82) is 0 Å². The predicted molar refractivity (Wildman–Crippen MR) is 61.3 cm³/mol. The summed E-state index contributed by atoms with van der Waals surface area (Å²) in [7, 11) is 0. The number of rotatable bonds is 3. The van der Waals surface area contributed by atoms with E-state index in [1.165, 1.54) is 6.07 Å². The fourth-order valence-corrected chi connectivity index (χ4v) is 1.48. The van der Waals surface area contributed by atoms with Gasteiger partial charge in [0, 0.05) is 11.9 Å². The summed E-state index contributed by atoms with van der Waals surface area (Å²) in [6.45, 7) is 0.476. The summed E-state index contributed by atoms with van der Waals surface area (Å²) in [6.07, 6.45) is 3.71. The molecule has 0 fully saturated rings. The van der Waals surface area contributed by atoms with E-state index >= 15 is 0 Å². The summed E-state index contributed by atoms with van der Waals surface area (Å²) in [5.41, 5.74) is 6.89. The fourth-order valence-electron chi connectivity index (χ4n) is 1.48. The van der Waals surface area contributed by atoms with Crippen LogP contribution in [-0.4, -0.2) is 17.6 Å². The van der Waals surface area contributed by atoms with E-state index < -0.39 is 5.97 Å². The summed E-state index contributed by atoms with van der Waals surface area (Å²) in [4.78, 5) is 10.7. The van der Waals surface area contributed by atoms with Crippen molar-refractivity contribution in [2.45, 2.75) is 0 Å². The summed E-state index contributed by atoms with van der Waals surface area (Å²) in [6, 6.07) is 6.97. The average Bonchev–Trinajstić information content (AvgIpc) is 2.69. The van der Waals surface area contributed by atoms with E-state index in [0.717, 1.165) is 10.9 Å². The van der Waals surface area contributed by atoms with E-state index in [1.807, 2.05) is 24.3 Å². The van der Waals surface area contributed by atoms with Crippen LogP contribution in [0.2, 0.25) is 0 Å². The number of benzene rings is 1. The Labute approximate surface area is 92.0 Å². The van der Waals surface area contributed by atoms with Gasteiger partial charge in [-0.3, -0.25) is 0 Å². The Bertz CT molecular complexity index is 554. The maximum atomic E-state index is 10.7. The third kappa shape index (κ3) is 1.97. The monoisotopic (exact) mass is 217 g/mol. The van der Waals surface area contributed by atoms with Crippen molar-refractivity contribution in [2.24, 2.45) is 5.73 Å². The predicted octanol–water partition coefficient (Wildman–Crippen LogP) is 2.10. The van der Waals surface area contributed by atoms with Gasteiger partial charge in [-0.05, 0) is 23.8 Å². The maximum absolute atomic E-state index is 10.7. The van der Waals surface area contributed by atoms with Gasteiger partial charge in [-0.2, -0.15) is 0 Å². The Morgan fingerprint density at radius 1 is 1.44 bits per heavy atom. The Hall–Kier alpha value is -2.07. The highest BCUT2D eigenvalue weighted by Crippen LogP contribution is 2.21. The van der Waals surface area contributed by atoms with Crippen LogP contribution in [0.1, 0.15) is 16.1 Å². The largest absolute Gasteiger partial charge is 0.475 e. The molecule has 2 rings (SSSR count). The molecule has 0 atom stereocenters. The van der Waals surface area contributed by atoms with Crippen molar-refractivity contribution >= 4 is 23.0 Å². The second kappa shape index (κ2) is 4.20. The van der Waals surface area contributed by atoms with E-state index in [0.29, 0.717) is 12.1 Å². The zero-order chi connectivity index (χ0) is 11.5. The molecule has 0 aliphatic carbocycles. The molecule has 0 saturated carbocycles. The van der Waals surface area contributed by atoms with Gasteiger partial charge in [0.15, 0.2) is 0 Å². The van der Waals surface area contributed by atoms with Gasteiger partial charge in [0.1, 0.15) is 5.58 Å². The molecule has 0 aliphatic rings. The number of hydrogen-bond acceptors (Lipinski definition) is 3. The molecule has 0 unspecified atom stereocenters. The number of carboxylic acid groups (broad SMARTS) is 1. The van der Waals surface area contributed by atoms with Gasteiger partial charge in [-0.15, -0.1) is 0 Å². The first-order valence-electron chi connectivity index (χ1n) is 4.84. The Balaban J connectivity index is 2.45. The van der Waals surface area contributed by atoms with Crippen molar-refractivity contribution in [1.82, 2.24) is 0 Å². The molecule has 0 aliphatic heterocycles. The van der Waals surface area contributed by atoms with Crippen LogP contribution in [-0.2, 0) is 0 Å². The fraction of sp³-hybridized carbons (Fsp3) is 0.0833. The third-order valence-corrected chi connectivity index (χ3v) is 2.20. The molecular weight excluding hydrogens is 206 g/mol. The van der Waals surface area contributed by atoms with Gasteiger partial charge >= 0.3 is 5.97 Å².